The van der Waals surface area contributed by atoms with Gasteiger partial charge in [-0.15, -0.1) is 0 Å². The van der Waals surface area contributed by atoms with Crippen molar-refractivity contribution in [2.24, 2.45) is 0 Å². The van der Waals surface area contributed by atoms with Crippen molar-refractivity contribution in [3.8, 4) is 0 Å². The van der Waals surface area contributed by atoms with Crippen molar-refractivity contribution in [2.45, 2.75) is 65.2 Å². The molecular formula is C16H22O11. The second-order valence-corrected chi connectivity index (χ2v) is 5.08. The zero-order chi connectivity index (χ0) is 24.3. The summed E-state index contributed by atoms with van der Waals surface area (Å²) in [6, 6.07) is 0. The van der Waals surface area contributed by atoms with Gasteiger partial charge in [-0.25, -0.2) is 0 Å². The second-order valence-electron chi connectivity index (χ2n) is 5.08. The minimum atomic E-state index is -1.76. The first-order valence-electron chi connectivity index (χ1n) is 10.8. The van der Waals surface area contributed by atoms with Crippen LogP contribution in [0.5, 0.6) is 0 Å². The van der Waals surface area contributed by atoms with Crippen LogP contribution in [-0.2, 0) is 52.4 Å². The molecule has 0 aromatic carbocycles. The largest absolute Gasteiger partial charge is 0.462 e. The second kappa shape index (κ2) is 9.86. The first-order valence-corrected chi connectivity index (χ1v) is 7.25. The Bertz CT molecular complexity index is 691. The summed E-state index contributed by atoms with van der Waals surface area (Å²) in [6.07, 6.45) is -8.23. The Morgan fingerprint density at radius 2 is 1.37 bits per heavy atom. The highest BCUT2D eigenvalue weighted by Gasteiger charge is 2.55. The average molecular weight is 395 g/mol. The SMILES string of the molecule is [2H]CC(=O)OC[C@@H](OC(=O)C[2H])[C@@H]1OC(OC(=O)C[2H])[C@H](OC(=O)C[2H])[C@H]1OC(=O)C[2H]. The Hall–Kier alpha value is -2.69. The van der Waals surface area contributed by atoms with Crippen LogP contribution in [0.3, 0.4) is 0 Å². The molecule has 0 N–H and O–H groups in total. The van der Waals surface area contributed by atoms with Crippen LogP contribution < -0.4 is 0 Å². The van der Waals surface area contributed by atoms with Crippen molar-refractivity contribution < 1.29 is 59.2 Å². The standard InChI is InChI=1S/C16H22O11/c1-7(17)22-6-12(23-8(2)18)13-14(24-9(3)19)15(25-10(4)20)16(27-13)26-11(5)21/h12-16H,6H2,1-5H3/t12-,13+,14+,15-,16?/m1/s1/i1D,2D,3D,4D,5D. The van der Waals surface area contributed by atoms with Gasteiger partial charge in [0.05, 0.1) is 0 Å². The molecule has 0 saturated carbocycles. The highest BCUT2D eigenvalue weighted by molar-refractivity contribution is 5.69. The summed E-state index contributed by atoms with van der Waals surface area (Å²) in [5, 5.41) is 0. The number of esters is 5. The van der Waals surface area contributed by atoms with Gasteiger partial charge in [-0.05, 0) is 0 Å². The van der Waals surface area contributed by atoms with Crippen LogP contribution >= 0.6 is 0 Å². The van der Waals surface area contributed by atoms with Gasteiger partial charge < -0.3 is 28.4 Å². The molecule has 0 aliphatic carbocycles. The van der Waals surface area contributed by atoms with Gasteiger partial charge >= 0.3 is 29.8 Å². The molecule has 0 amide bonds. The van der Waals surface area contributed by atoms with E-state index >= 15 is 0 Å². The molecule has 0 bridgehead atoms. The molecule has 1 rings (SSSR count). The predicted molar refractivity (Wildman–Crippen MR) is 83.7 cm³/mol. The summed E-state index contributed by atoms with van der Waals surface area (Å²) in [5.74, 6) is -5.48. The Kier molecular flexibility index (Phi) is 5.61. The number of hydrogen-bond donors (Lipinski definition) is 0. The van der Waals surface area contributed by atoms with Crippen LogP contribution in [0.2, 0.25) is 0 Å². The Morgan fingerprint density at radius 1 is 0.815 bits per heavy atom. The molecule has 0 aromatic rings. The molecule has 0 radical (unpaired) electrons. The summed E-state index contributed by atoms with van der Waals surface area (Å²) in [6.45, 7) is -4.92. The zero-order valence-electron chi connectivity index (χ0n) is 19.1. The molecule has 1 fully saturated rings. The molecule has 27 heavy (non-hydrogen) atoms. The fourth-order valence-electron chi connectivity index (χ4n) is 2.28. The number of rotatable bonds is 7. The van der Waals surface area contributed by atoms with E-state index < -0.39 is 102 Å². The topological polar surface area (TPSA) is 141 Å². The van der Waals surface area contributed by atoms with Gasteiger partial charge in [0.2, 0.25) is 12.4 Å². The van der Waals surface area contributed by atoms with E-state index in [2.05, 4.69) is 0 Å². The third-order valence-corrected chi connectivity index (χ3v) is 3.05. The van der Waals surface area contributed by atoms with Crippen LogP contribution in [0, 0.1) is 0 Å². The quantitative estimate of drug-likeness (QED) is 0.412. The molecule has 152 valence electrons. The van der Waals surface area contributed by atoms with Crippen LogP contribution in [0.25, 0.3) is 0 Å². The Balaban J connectivity index is 3.31. The summed E-state index contributed by atoms with van der Waals surface area (Å²) in [4.78, 5) is 58.1. The lowest BCUT2D eigenvalue weighted by atomic mass is 10.1. The maximum absolute atomic E-state index is 11.8. The highest BCUT2D eigenvalue weighted by Crippen LogP contribution is 2.31. The van der Waals surface area contributed by atoms with Gasteiger partial charge in [-0.2, -0.15) is 0 Å². The predicted octanol–water partition coefficient (Wildman–Crippen LogP) is -0.367. The Morgan fingerprint density at radius 3 is 1.96 bits per heavy atom. The molecule has 1 saturated heterocycles. The van der Waals surface area contributed by atoms with Gasteiger partial charge in [0.1, 0.15) is 12.7 Å². The smallest absolute Gasteiger partial charge is 0.305 e. The number of carbonyl (C=O) groups excluding carboxylic acids is 5. The molecule has 1 unspecified atom stereocenters. The van der Waals surface area contributed by atoms with Crippen LogP contribution in [0.1, 0.15) is 41.4 Å². The zero-order valence-corrected chi connectivity index (χ0v) is 14.1. The van der Waals surface area contributed by atoms with E-state index in [4.69, 9.17) is 35.3 Å². The van der Waals surface area contributed by atoms with E-state index in [1.165, 1.54) is 0 Å². The minimum absolute atomic E-state index is 0.721. The van der Waals surface area contributed by atoms with Gasteiger partial charge in [0, 0.05) is 41.4 Å². The lowest BCUT2D eigenvalue weighted by Gasteiger charge is -2.27. The van der Waals surface area contributed by atoms with Crippen molar-refractivity contribution in [3.05, 3.63) is 0 Å². The molecule has 11 nitrogen and oxygen atoms in total. The molecule has 11 heteroatoms. The third-order valence-electron chi connectivity index (χ3n) is 3.05. The van der Waals surface area contributed by atoms with E-state index in [9.17, 15) is 24.0 Å². The Labute approximate surface area is 162 Å². The monoisotopic (exact) mass is 395 g/mol. The summed E-state index contributed by atoms with van der Waals surface area (Å²) < 4.78 is 65.5. The van der Waals surface area contributed by atoms with E-state index in [0.717, 1.165) is 0 Å². The average Bonchev–Trinajstić information content (AvgIpc) is 3.11. The molecule has 0 aromatic heterocycles. The molecule has 1 aliphatic rings. The maximum Gasteiger partial charge on any atom is 0.305 e. The molecule has 1 heterocycles. The van der Waals surface area contributed by atoms with E-state index in [-0.39, 0.29) is 0 Å². The molecule has 5 atom stereocenters. The van der Waals surface area contributed by atoms with Crippen LogP contribution in [0.4, 0.5) is 0 Å². The van der Waals surface area contributed by atoms with Crippen molar-refractivity contribution in [2.75, 3.05) is 6.61 Å². The van der Waals surface area contributed by atoms with Crippen molar-refractivity contribution >= 4 is 29.8 Å². The highest BCUT2D eigenvalue weighted by atomic mass is 16.8. The number of ether oxygens (including phenoxy) is 6. The fraction of sp³-hybridized carbons (Fsp3) is 0.688. The van der Waals surface area contributed by atoms with E-state index in [0.29, 0.717) is 0 Å². The molecule has 0 spiro atoms. The maximum atomic E-state index is 11.8. The van der Waals surface area contributed by atoms with Crippen molar-refractivity contribution in [1.29, 1.82) is 0 Å². The van der Waals surface area contributed by atoms with E-state index in [1.807, 2.05) is 0 Å². The van der Waals surface area contributed by atoms with Crippen LogP contribution in [0.15, 0.2) is 0 Å². The number of hydrogen-bond acceptors (Lipinski definition) is 11. The first kappa shape index (κ1) is 15.4. The van der Waals surface area contributed by atoms with Gasteiger partial charge in [0.15, 0.2) is 12.2 Å². The first-order chi connectivity index (χ1) is 15.2. The lowest BCUT2D eigenvalue weighted by Crippen LogP contribution is -2.46. The van der Waals surface area contributed by atoms with Gasteiger partial charge in [-0.1, -0.05) is 0 Å². The van der Waals surface area contributed by atoms with Gasteiger partial charge in [0.25, 0.3) is 0 Å². The summed E-state index contributed by atoms with van der Waals surface area (Å²) >= 11 is 0. The number of carbonyl (C=O) groups is 5. The molecule has 1 aliphatic heterocycles. The lowest BCUT2D eigenvalue weighted by molar-refractivity contribution is -0.203. The summed E-state index contributed by atoms with van der Waals surface area (Å²) in [5.41, 5.74) is 0. The normalized spacial score (nSPS) is 27.5. The van der Waals surface area contributed by atoms with Crippen LogP contribution in [-0.4, -0.2) is 67.2 Å². The van der Waals surface area contributed by atoms with Gasteiger partial charge in [-0.3, -0.25) is 24.0 Å². The third kappa shape index (κ3) is 7.21. The fourth-order valence-corrected chi connectivity index (χ4v) is 2.28. The molecular weight excluding hydrogens is 368 g/mol. The van der Waals surface area contributed by atoms with Crippen molar-refractivity contribution in [1.82, 2.24) is 0 Å². The van der Waals surface area contributed by atoms with E-state index in [1.54, 1.807) is 0 Å². The minimum Gasteiger partial charge on any atom is -0.462 e. The summed E-state index contributed by atoms with van der Waals surface area (Å²) in [7, 11) is 0. The van der Waals surface area contributed by atoms with Crippen molar-refractivity contribution in [3.63, 3.8) is 0 Å².